The molecule has 110 valence electrons. The monoisotopic (exact) mass is 296 g/mol. The molecule has 3 N–H and O–H groups in total. The number of piperazine rings is 1. The van der Waals surface area contributed by atoms with Gasteiger partial charge in [0.15, 0.2) is 5.84 Å². The smallest absolute Gasteiger partial charge is 0.264 e. The fraction of sp³-hybridized carbons (Fsp3) is 0.538. The molecule has 1 aliphatic heterocycles. The van der Waals surface area contributed by atoms with Gasteiger partial charge < -0.3 is 15.8 Å². The molecule has 6 nitrogen and oxygen atoms in total. The highest BCUT2D eigenvalue weighted by Gasteiger charge is 2.26. The summed E-state index contributed by atoms with van der Waals surface area (Å²) in [5, 5.41) is 11.7. The molecule has 0 aromatic carbocycles. The van der Waals surface area contributed by atoms with Gasteiger partial charge in [-0.1, -0.05) is 5.16 Å². The van der Waals surface area contributed by atoms with Crippen molar-refractivity contribution in [2.24, 2.45) is 10.9 Å². The number of aryl methyl sites for hydroxylation is 1. The molecule has 0 bridgehead atoms. The topological polar surface area (TPSA) is 82.2 Å². The van der Waals surface area contributed by atoms with Crippen molar-refractivity contribution in [3.05, 3.63) is 21.9 Å². The lowest BCUT2D eigenvalue weighted by atomic mass is 10.2. The van der Waals surface area contributed by atoms with Gasteiger partial charge in [-0.05, 0) is 26.0 Å². The van der Waals surface area contributed by atoms with Crippen LogP contribution in [0.25, 0.3) is 0 Å². The van der Waals surface area contributed by atoms with Gasteiger partial charge in [0.25, 0.3) is 5.91 Å². The highest BCUT2D eigenvalue weighted by molar-refractivity contribution is 7.13. The third-order valence-electron chi connectivity index (χ3n) is 3.64. The van der Waals surface area contributed by atoms with Gasteiger partial charge in [-0.3, -0.25) is 9.69 Å². The molecule has 20 heavy (non-hydrogen) atoms. The predicted octanol–water partition coefficient (Wildman–Crippen LogP) is 0.949. The van der Waals surface area contributed by atoms with Crippen molar-refractivity contribution in [1.29, 1.82) is 0 Å². The zero-order chi connectivity index (χ0) is 14.7. The lowest BCUT2D eigenvalue weighted by Crippen LogP contribution is -2.54. The summed E-state index contributed by atoms with van der Waals surface area (Å²) in [5.41, 5.74) is 5.62. The number of hydrogen-bond acceptors (Lipinski definition) is 5. The third-order valence-corrected chi connectivity index (χ3v) is 4.63. The number of rotatable bonds is 3. The molecule has 1 fully saturated rings. The highest BCUT2D eigenvalue weighted by atomic mass is 32.1. The molecular formula is C13H20N4O2S. The number of oxime groups is 1. The zero-order valence-corrected chi connectivity index (χ0v) is 12.6. The molecule has 1 aromatic rings. The Morgan fingerprint density at radius 2 is 2.05 bits per heavy atom. The van der Waals surface area contributed by atoms with E-state index in [0.29, 0.717) is 13.1 Å². The first-order chi connectivity index (χ1) is 9.52. The molecule has 1 saturated heterocycles. The van der Waals surface area contributed by atoms with Crippen molar-refractivity contribution in [2.45, 2.75) is 19.9 Å². The van der Waals surface area contributed by atoms with Crippen LogP contribution in [0.3, 0.4) is 0 Å². The van der Waals surface area contributed by atoms with Crippen LogP contribution in [0.2, 0.25) is 0 Å². The van der Waals surface area contributed by atoms with E-state index in [1.54, 1.807) is 0 Å². The molecule has 0 radical (unpaired) electrons. The minimum atomic E-state index is -0.110. The SMILES string of the molecule is Cc1ccc(C(=O)N2CCN(C(C)C(N)=NO)CC2)s1. The maximum absolute atomic E-state index is 12.3. The van der Waals surface area contributed by atoms with E-state index in [0.717, 1.165) is 22.8 Å². The molecule has 1 aromatic heterocycles. The van der Waals surface area contributed by atoms with E-state index in [-0.39, 0.29) is 17.8 Å². The molecular weight excluding hydrogens is 276 g/mol. The first-order valence-corrected chi connectivity index (χ1v) is 7.41. The van der Waals surface area contributed by atoms with Crippen molar-refractivity contribution in [3.63, 3.8) is 0 Å². The number of carbonyl (C=O) groups is 1. The maximum Gasteiger partial charge on any atom is 0.264 e. The van der Waals surface area contributed by atoms with Crippen LogP contribution in [0.4, 0.5) is 0 Å². The number of thiophene rings is 1. The molecule has 1 aliphatic rings. The van der Waals surface area contributed by atoms with Crippen LogP contribution in [0.1, 0.15) is 21.5 Å². The van der Waals surface area contributed by atoms with Gasteiger partial charge in [-0.2, -0.15) is 0 Å². The molecule has 0 saturated carbocycles. The number of amidine groups is 1. The lowest BCUT2D eigenvalue weighted by Gasteiger charge is -2.37. The summed E-state index contributed by atoms with van der Waals surface area (Å²) >= 11 is 1.53. The zero-order valence-electron chi connectivity index (χ0n) is 11.7. The number of carbonyl (C=O) groups excluding carboxylic acids is 1. The second-order valence-electron chi connectivity index (χ2n) is 4.94. The van der Waals surface area contributed by atoms with Crippen molar-refractivity contribution in [3.8, 4) is 0 Å². The summed E-state index contributed by atoms with van der Waals surface area (Å²) < 4.78 is 0. The van der Waals surface area contributed by atoms with Gasteiger partial charge in [-0.15, -0.1) is 11.3 Å². The maximum atomic E-state index is 12.3. The summed E-state index contributed by atoms with van der Waals surface area (Å²) in [6.07, 6.45) is 0. The summed E-state index contributed by atoms with van der Waals surface area (Å²) in [5.74, 6) is 0.304. The summed E-state index contributed by atoms with van der Waals surface area (Å²) in [6, 6.07) is 3.74. The molecule has 0 spiro atoms. The molecule has 1 amide bonds. The van der Waals surface area contributed by atoms with E-state index >= 15 is 0 Å². The summed E-state index contributed by atoms with van der Waals surface area (Å²) in [6.45, 7) is 6.69. The summed E-state index contributed by atoms with van der Waals surface area (Å²) in [4.78, 5) is 18.2. The Kier molecular flexibility index (Phi) is 4.61. The average Bonchev–Trinajstić information content (AvgIpc) is 2.91. The Morgan fingerprint density at radius 1 is 1.40 bits per heavy atom. The first-order valence-electron chi connectivity index (χ1n) is 6.60. The van der Waals surface area contributed by atoms with E-state index in [4.69, 9.17) is 10.9 Å². The fourth-order valence-electron chi connectivity index (χ4n) is 2.29. The minimum Gasteiger partial charge on any atom is -0.409 e. The van der Waals surface area contributed by atoms with Crippen LogP contribution >= 0.6 is 11.3 Å². The first kappa shape index (κ1) is 14.8. The van der Waals surface area contributed by atoms with Crippen molar-refractivity contribution >= 4 is 23.1 Å². The van der Waals surface area contributed by atoms with E-state index < -0.39 is 0 Å². The van der Waals surface area contributed by atoms with Crippen LogP contribution in [0, 0.1) is 6.92 Å². The van der Waals surface area contributed by atoms with E-state index in [1.807, 2.05) is 30.9 Å². The van der Waals surface area contributed by atoms with Crippen LogP contribution in [0.5, 0.6) is 0 Å². The van der Waals surface area contributed by atoms with Crippen molar-refractivity contribution in [1.82, 2.24) is 9.80 Å². The van der Waals surface area contributed by atoms with E-state index in [2.05, 4.69) is 10.1 Å². The van der Waals surface area contributed by atoms with Gasteiger partial charge in [0.05, 0.1) is 10.9 Å². The average molecular weight is 296 g/mol. The Morgan fingerprint density at radius 3 is 2.55 bits per heavy atom. The number of nitrogens with two attached hydrogens (primary N) is 1. The van der Waals surface area contributed by atoms with Crippen LogP contribution in [-0.4, -0.2) is 59.0 Å². The van der Waals surface area contributed by atoms with Crippen molar-refractivity contribution in [2.75, 3.05) is 26.2 Å². The Bertz CT molecular complexity index is 506. The van der Waals surface area contributed by atoms with Gasteiger partial charge in [0.2, 0.25) is 0 Å². The van der Waals surface area contributed by atoms with Gasteiger partial charge in [0, 0.05) is 31.1 Å². The molecule has 0 aliphatic carbocycles. The third kappa shape index (κ3) is 3.10. The number of amides is 1. The largest absolute Gasteiger partial charge is 0.409 e. The normalized spacial score (nSPS) is 19.1. The number of hydrogen-bond donors (Lipinski definition) is 2. The second-order valence-corrected chi connectivity index (χ2v) is 6.23. The van der Waals surface area contributed by atoms with Gasteiger partial charge in [-0.25, -0.2) is 0 Å². The Balaban J connectivity index is 1.93. The molecule has 1 unspecified atom stereocenters. The molecule has 2 heterocycles. The van der Waals surface area contributed by atoms with Crippen LogP contribution < -0.4 is 5.73 Å². The number of nitrogens with zero attached hydrogens (tertiary/aromatic N) is 3. The van der Waals surface area contributed by atoms with Gasteiger partial charge >= 0.3 is 0 Å². The molecule has 1 atom stereocenters. The fourth-order valence-corrected chi connectivity index (χ4v) is 3.12. The Labute approximate surface area is 122 Å². The van der Waals surface area contributed by atoms with Crippen molar-refractivity contribution < 1.29 is 10.0 Å². The van der Waals surface area contributed by atoms with E-state index in [9.17, 15) is 4.79 Å². The molecule has 7 heteroatoms. The minimum absolute atomic E-state index is 0.0965. The molecule has 2 rings (SSSR count). The highest BCUT2D eigenvalue weighted by Crippen LogP contribution is 2.18. The predicted molar refractivity (Wildman–Crippen MR) is 79.4 cm³/mol. The standard InChI is InChI=1S/C13H20N4O2S/c1-9-3-4-11(20-9)13(18)17-7-5-16(6-8-17)10(2)12(14)15-19/h3-4,10,19H,5-8H2,1-2H3,(H2,14,15). The quantitative estimate of drug-likeness (QED) is 0.376. The lowest BCUT2D eigenvalue weighted by molar-refractivity contribution is 0.0623. The summed E-state index contributed by atoms with van der Waals surface area (Å²) in [7, 11) is 0. The van der Waals surface area contributed by atoms with Crippen LogP contribution in [0.15, 0.2) is 17.3 Å². The van der Waals surface area contributed by atoms with Crippen LogP contribution in [-0.2, 0) is 0 Å². The second kappa shape index (κ2) is 6.23. The Hall–Kier alpha value is -1.60. The van der Waals surface area contributed by atoms with Gasteiger partial charge in [0.1, 0.15) is 0 Å². The van der Waals surface area contributed by atoms with E-state index in [1.165, 1.54) is 11.3 Å².